The smallest absolute Gasteiger partial charge is 0.229 e. The van der Waals surface area contributed by atoms with Crippen LogP contribution in [0.4, 0.5) is 5.95 Å². The lowest BCUT2D eigenvalue weighted by Crippen LogP contribution is -2.42. The van der Waals surface area contributed by atoms with E-state index in [4.69, 9.17) is 0 Å². The number of aromatic nitrogens is 2. The lowest BCUT2D eigenvalue weighted by atomic mass is 9.95. The number of nitrogens with one attached hydrogen (secondary N) is 1. The van der Waals surface area contributed by atoms with Gasteiger partial charge >= 0.3 is 0 Å². The highest BCUT2D eigenvalue weighted by Gasteiger charge is 2.27. The fourth-order valence-electron chi connectivity index (χ4n) is 3.08. The Labute approximate surface area is 147 Å². The molecule has 0 saturated carbocycles. The molecule has 25 heavy (non-hydrogen) atoms. The Hall–Kier alpha value is -2.76. The Kier molecular flexibility index (Phi) is 5.38. The van der Waals surface area contributed by atoms with Crippen LogP contribution in [-0.4, -0.2) is 39.8 Å². The van der Waals surface area contributed by atoms with Gasteiger partial charge in [0, 0.05) is 31.4 Å². The average Bonchev–Trinajstić information content (AvgIpc) is 2.62. The summed E-state index contributed by atoms with van der Waals surface area (Å²) in [6, 6.07) is 9.71. The summed E-state index contributed by atoms with van der Waals surface area (Å²) < 4.78 is 0. The molecule has 1 fully saturated rings. The molecule has 1 aromatic carbocycles. The molecule has 1 aliphatic rings. The SMILES string of the molecule is Cc1cccc(CC(=O)N2CCC(C(=O)Nc3ncccn3)CC2)c1. The summed E-state index contributed by atoms with van der Waals surface area (Å²) in [6.45, 7) is 3.24. The number of aryl methyl sites for hydroxylation is 1. The van der Waals surface area contributed by atoms with E-state index in [2.05, 4.69) is 15.3 Å². The lowest BCUT2D eigenvalue weighted by Gasteiger charge is -2.31. The minimum Gasteiger partial charge on any atom is -0.342 e. The van der Waals surface area contributed by atoms with Crippen molar-refractivity contribution in [2.75, 3.05) is 18.4 Å². The van der Waals surface area contributed by atoms with Gasteiger partial charge in [0.05, 0.1) is 6.42 Å². The van der Waals surface area contributed by atoms with Crippen LogP contribution in [0.2, 0.25) is 0 Å². The highest BCUT2D eigenvalue weighted by molar-refractivity contribution is 5.91. The maximum Gasteiger partial charge on any atom is 0.229 e. The number of anilines is 1. The van der Waals surface area contributed by atoms with E-state index >= 15 is 0 Å². The van der Waals surface area contributed by atoms with Gasteiger partial charge in [0.25, 0.3) is 0 Å². The number of rotatable bonds is 4. The van der Waals surface area contributed by atoms with Gasteiger partial charge in [-0.25, -0.2) is 9.97 Å². The van der Waals surface area contributed by atoms with Crippen molar-refractivity contribution in [1.29, 1.82) is 0 Å². The van der Waals surface area contributed by atoms with E-state index in [1.165, 1.54) is 0 Å². The highest BCUT2D eigenvalue weighted by Crippen LogP contribution is 2.19. The molecule has 6 nitrogen and oxygen atoms in total. The molecule has 2 amide bonds. The minimum absolute atomic E-state index is 0.0722. The molecule has 0 spiro atoms. The van der Waals surface area contributed by atoms with Crippen molar-refractivity contribution in [3.63, 3.8) is 0 Å². The van der Waals surface area contributed by atoms with E-state index in [1.54, 1.807) is 18.5 Å². The molecule has 1 N–H and O–H groups in total. The number of benzene rings is 1. The van der Waals surface area contributed by atoms with E-state index in [9.17, 15) is 9.59 Å². The molecule has 1 aliphatic heterocycles. The van der Waals surface area contributed by atoms with Crippen molar-refractivity contribution >= 4 is 17.8 Å². The second kappa shape index (κ2) is 7.88. The maximum absolute atomic E-state index is 12.5. The van der Waals surface area contributed by atoms with Gasteiger partial charge in [-0.3, -0.25) is 14.9 Å². The summed E-state index contributed by atoms with van der Waals surface area (Å²) in [6.07, 6.45) is 4.93. The van der Waals surface area contributed by atoms with E-state index in [0.29, 0.717) is 38.3 Å². The molecular formula is C19H22N4O2. The summed E-state index contributed by atoms with van der Waals surface area (Å²) in [5, 5.41) is 2.74. The molecule has 0 unspecified atom stereocenters. The monoisotopic (exact) mass is 338 g/mol. The fraction of sp³-hybridized carbons (Fsp3) is 0.368. The van der Waals surface area contributed by atoms with Gasteiger partial charge < -0.3 is 4.90 Å². The van der Waals surface area contributed by atoms with Gasteiger partial charge in [-0.05, 0) is 31.4 Å². The molecule has 2 aromatic rings. The normalized spacial score (nSPS) is 15.0. The van der Waals surface area contributed by atoms with Crippen molar-refractivity contribution in [2.24, 2.45) is 5.92 Å². The molecule has 2 heterocycles. The second-order valence-corrected chi connectivity index (χ2v) is 6.38. The molecular weight excluding hydrogens is 316 g/mol. The van der Waals surface area contributed by atoms with Gasteiger partial charge in [0.2, 0.25) is 17.8 Å². The zero-order valence-corrected chi connectivity index (χ0v) is 14.3. The predicted molar refractivity (Wildman–Crippen MR) is 94.8 cm³/mol. The summed E-state index contributed by atoms with van der Waals surface area (Å²) in [4.78, 5) is 34.6. The first-order valence-electron chi connectivity index (χ1n) is 8.53. The van der Waals surface area contributed by atoms with Crippen LogP contribution >= 0.6 is 0 Å². The van der Waals surface area contributed by atoms with Gasteiger partial charge in [0.15, 0.2) is 0 Å². The van der Waals surface area contributed by atoms with Gasteiger partial charge in [0.1, 0.15) is 0 Å². The van der Waals surface area contributed by atoms with E-state index in [0.717, 1.165) is 11.1 Å². The number of hydrogen-bond donors (Lipinski definition) is 1. The number of hydrogen-bond acceptors (Lipinski definition) is 4. The number of likely N-dealkylation sites (tertiary alicyclic amines) is 1. The molecule has 6 heteroatoms. The molecule has 0 bridgehead atoms. The first kappa shape index (κ1) is 17.1. The fourth-order valence-corrected chi connectivity index (χ4v) is 3.08. The summed E-state index contributed by atoms with van der Waals surface area (Å²) in [5.74, 6) is 0.269. The number of nitrogens with zero attached hydrogens (tertiary/aromatic N) is 3. The number of carbonyl (C=O) groups is 2. The zero-order valence-electron chi connectivity index (χ0n) is 14.3. The van der Waals surface area contributed by atoms with Crippen LogP contribution in [0, 0.1) is 12.8 Å². The van der Waals surface area contributed by atoms with E-state index in [-0.39, 0.29) is 17.7 Å². The van der Waals surface area contributed by atoms with E-state index in [1.807, 2.05) is 36.1 Å². The van der Waals surface area contributed by atoms with E-state index < -0.39 is 0 Å². The van der Waals surface area contributed by atoms with Crippen LogP contribution in [0.15, 0.2) is 42.7 Å². The van der Waals surface area contributed by atoms with Crippen LogP contribution in [0.5, 0.6) is 0 Å². The summed E-state index contributed by atoms with van der Waals surface area (Å²) in [7, 11) is 0. The standard InChI is InChI=1S/C19H22N4O2/c1-14-4-2-5-15(12-14)13-17(24)23-10-6-16(7-11-23)18(25)22-19-20-8-3-9-21-19/h2-5,8-9,12,16H,6-7,10-11,13H2,1H3,(H,20,21,22,25). The topological polar surface area (TPSA) is 75.2 Å². The molecule has 0 aliphatic carbocycles. The van der Waals surface area contributed by atoms with Crippen LogP contribution in [0.3, 0.4) is 0 Å². The minimum atomic E-state index is -0.105. The van der Waals surface area contributed by atoms with Gasteiger partial charge in [-0.1, -0.05) is 29.8 Å². The number of carbonyl (C=O) groups excluding carboxylic acids is 2. The van der Waals surface area contributed by atoms with Crippen LogP contribution in [-0.2, 0) is 16.0 Å². The third-order valence-corrected chi connectivity index (χ3v) is 4.46. The Bertz CT molecular complexity index is 740. The van der Waals surface area contributed by atoms with Crippen LogP contribution in [0.25, 0.3) is 0 Å². The quantitative estimate of drug-likeness (QED) is 0.927. The summed E-state index contributed by atoms with van der Waals surface area (Å²) in [5.41, 5.74) is 2.19. The van der Waals surface area contributed by atoms with Crippen LogP contribution < -0.4 is 5.32 Å². The Morgan fingerprint density at radius 1 is 1.16 bits per heavy atom. The molecule has 130 valence electrons. The molecule has 0 atom stereocenters. The molecule has 0 radical (unpaired) electrons. The third kappa shape index (κ3) is 4.62. The zero-order chi connectivity index (χ0) is 17.6. The van der Waals surface area contributed by atoms with Gasteiger partial charge in [-0.2, -0.15) is 0 Å². The highest BCUT2D eigenvalue weighted by atomic mass is 16.2. The number of amides is 2. The van der Waals surface area contributed by atoms with Crippen molar-refractivity contribution in [1.82, 2.24) is 14.9 Å². The summed E-state index contributed by atoms with van der Waals surface area (Å²) >= 11 is 0. The Morgan fingerprint density at radius 2 is 1.88 bits per heavy atom. The first-order chi connectivity index (χ1) is 12.1. The van der Waals surface area contributed by atoms with Crippen LogP contribution in [0.1, 0.15) is 24.0 Å². The van der Waals surface area contributed by atoms with Gasteiger partial charge in [-0.15, -0.1) is 0 Å². The molecule has 1 aromatic heterocycles. The van der Waals surface area contributed by atoms with Crippen molar-refractivity contribution in [2.45, 2.75) is 26.2 Å². The predicted octanol–water partition coefficient (Wildman–Crippen LogP) is 2.20. The second-order valence-electron chi connectivity index (χ2n) is 6.38. The number of piperidine rings is 1. The molecule has 3 rings (SSSR count). The molecule has 1 saturated heterocycles. The first-order valence-corrected chi connectivity index (χ1v) is 8.53. The largest absolute Gasteiger partial charge is 0.342 e. The maximum atomic E-state index is 12.5. The lowest BCUT2D eigenvalue weighted by molar-refractivity contribution is -0.133. The van der Waals surface area contributed by atoms with Crippen molar-refractivity contribution < 1.29 is 9.59 Å². The third-order valence-electron chi connectivity index (χ3n) is 4.46. The Morgan fingerprint density at radius 3 is 2.56 bits per heavy atom. The van der Waals surface area contributed by atoms with Crippen molar-refractivity contribution in [3.05, 3.63) is 53.9 Å². The average molecular weight is 338 g/mol. The Balaban J connectivity index is 1.49. The van der Waals surface area contributed by atoms with Crippen molar-refractivity contribution in [3.8, 4) is 0 Å².